The fourth-order valence-electron chi connectivity index (χ4n) is 1.95. The van der Waals surface area contributed by atoms with E-state index < -0.39 is 0 Å². The molecule has 2 rings (SSSR count). The molecule has 2 aromatic carbocycles. The number of benzene rings is 2. The minimum atomic E-state index is 0.867. The summed E-state index contributed by atoms with van der Waals surface area (Å²) in [5.41, 5.74) is 3.60. The van der Waals surface area contributed by atoms with Crippen LogP contribution < -0.4 is 4.74 Å². The summed E-state index contributed by atoms with van der Waals surface area (Å²) in [6.07, 6.45) is 2.74. The summed E-state index contributed by atoms with van der Waals surface area (Å²) in [5, 5.41) is 0. The first-order valence-corrected chi connectivity index (χ1v) is 5.67. The van der Waals surface area contributed by atoms with Crippen molar-refractivity contribution in [3.05, 3.63) is 71.8 Å². The number of ether oxygens (including phenoxy) is 1. The number of hydrogen-bond donors (Lipinski definition) is 0. The molecule has 0 unspecified atom stereocenters. The predicted molar refractivity (Wildman–Crippen MR) is 72.3 cm³/mol. The van der Waals surface area contributed by atoms with Crippen molar-refractivity contribution in [1.82, 2.24) is 0 Å². The third-order valence-electron chi connectivity index (χ3n) is 2.83. The quantitative estimate of drug-likeness (QED) is 0.764. The molecule has 2 aromatic rings. The topological polar surface area (TPSA) is 9.23 Å². The maximum Gasteiger partial charge on any atom is 0.122 e. The fraction of sp³-hybridized carbons (Fsp3) is 0.125. The van der Waals surface area contributed by atoms with Crippen LogP contribution in [0.25, 0.3) is 6.08 Å². The average Bonchev–Trinajstić information content (AvgIpc) is 2.40. The lowest BCUT2D eigenvalue weighted by molar-refractivity contribution is 0.410. The first kappa shape index (κ1) is 11.5. The standard InChI is InChI=1S/C16H16O/c1-3-14-10-7-11-16(17-2)15(14)12-13-8-5-4-6-9-13/h3-11H,1,12H2,2H3. The third-order valence-corrected chi connectivity index (χ3v) is 2.83. The zero-order valence-corrected chi connectivity index (χ0v) is 10.0. The molecule has 0 atom stereocenters. The second-order valence-electron chi connectivity index (χ2n) is 3.89. The Morgan fingerprint density at radius 3 is 2.47 bits per heavy atom. The molecule has 0 aliphatic carbocycles. The highest BCUT2D eigenvalue weighted by Crippen LogP contribution is 2.25. The zero-order valence-electron chi connectivity index (χ0n) is 10.0. The summed E-state index contributed by atoms with van der Waals surface area (Å²) in [6, 6.07) is 16.4. The zero-order chi connectivity index (χ0) is 12.1. The molecule has 0 spiro atoms. The van der Waals surface area contributed by atoms with Gasteiger partial charge in [-0.2, -0.15) is 0 Å². The Morgan fingerprint density at radius 1 is 1.06 bits per heavy atom. The fourth-order valence-corrected chi connectivity index (χ4v) is 1.95. The average molecular weight is 224 g/mol. The second kappa shape index (κ2) is 5.35. The Bertz CT molecular complexity index is 500. The smallest absolute Gasteiger partial charge is 0.122 e. The number of hydrogen-bond acceptors (Lipinski definition) is 1. The van der Waals surface area contributed by atoms with E-state index in [2.05, 4.69) is 36.9 Å². The van der Waals surface area contributed by atoms with Crippen molar-refractivity contribution in [2.24, 2.45) is 0 Å². The van der Waals surface area contributed by atoms with Gasteiger partial charge in [-0.1, -0.05) is 55.1 Å². The van der Waals surface area contributed by atoms with Crippen LogP contribution in [-0.2, 0) is 6.42 Å². The van der Waals surface area contributed by atoms with E-state index in [1.807, 2.05) is 24.3 Å². The Kier molecular flexibility index (Phi) is 3.61. The summed E-state index contributed by atoms with van der Waals surface area (Å²) in [5.74, 6) is 0.922. The van der Waals surface area contributed by atoms with Crippen LogP contribution in [-0.4, -0.2) is 7.11 Å². The maximum atomic E-state index is 5.41. The number of rotatable bonds is 4. The van der Waals surface area contributed by atoms with Gasteiger partial charge in [0.15, 0.2) is 0 Å². The van der Waals surface area contributed by atoms with Crippen molar-refractivity contribution >= 4 is 6.08 Å². The molecule has 0 saturated carbocycles. The van der Waals surface area contributed by atoms with E-state index in [9.17, 15) is 0 Å². The molecule has 17 heavy (non-hydrogen) atoms. The van der Waals surface area contributed by atoms with Crippen molar-refractivity contribution in [2.45, 2.75) is 6.42 Å². The summed E-state index contributed by atoms with van der Waals surface area (Å²) in [4.78, 5) is 0. The van der Waals surface area contributed by atoms with Crippen LogP contribution in [0.5, 0.6) is 5.75 Å². The van der Waals surface area contributed by atoms with Crippen molar-refractivity contribution in [2.75, 3.05) is 7.11 Å². The van der Waals surface area contributed by atoms with Crippen molar-refractivity contribution in [3.8, 4) is 5.75 Å². The van der Waals surface area contributed by atoms with Gasteiger partial charge >= 0.3 is 0 Å². The van der Waals surface area contributed by atoms with E-state index in [0.717, 1.165) is 17.7 Å². The van der Waals surface area contributed by atoms with Gasteiger partial charge in [0.25, 0.3) is 0 Å². The lowest BCUT2D eigenvalue weighted by Gasteiger charge is -2.11. The highest BCUT2D eigenvalue weighted by Gasteiger charge is 2.07. The lowest BCUT2D eigenvalue weighted by Crippen LogP contribution is -1.96. The van der Waals surface area contributed by atoms with Gasteiger partial charge in [-0.3, -0.25) is 0 Å². The molecule has 1 heteroatoms. The van der Waals surface area contributed by atoms with Gasteiger partial charge in [-0.05, 0) is 17.2 Å². The van der Waals surface area contributed by atoms with E-state index in [0.29, 0.717) is 0 Å². The Balaban J connectivity index is 2.40. The van der Waals surface area contributed by atoms with Crippen molar-refractivity contribution in [3.63, 3.8) is 0 Å². The highest BCUT2D eigenvalue weighted by atomic mass is 16.5. The van der Waals surface area contributed by atoms with Gasteiger partial charge in [0.1, 0.15) is 5.75 Å². The largest absolute Gasteiger partial charge is 0.496 e. The van der Waals surface area contributed by atoms with Crippen LogP contribution in [0.3, 0.4) is 0 Å². The van der Waals surface area contributed by atoms with Crippen LogP contribution in [0.1, 0.15) is 16.7 Å². The molecule has 1 nitrogen and oxygen atoms in total. The normalized spacial score (nSPS) is 9.94. The van der Waals surface area contributed by atoms with Crippen LogP contribution in [0.4, 0.5) is 0 Å². The summed E-state index contributed by atoms with van der Waals surface area (Å²) in [6.45, 7) is 3.85. The highest BCUT2D eigenvalue weighted by molar-refractivity contribution is 5.57. The van der Waals surface area contributed by atoms with Crippen molar-refractivity contribution < 1.29 is 4.74 Å². The van der Waals surface area contributed by atoms with E-state index in [1.165, 1.54) is 11.1 Å². The van der Waals surface area contributed by atoms with Gasteiger partial charge in [0, 0.05) is 12.0 Å². The predicted octanol–water partition coefficient (Wildman–Crippen LogP) is 3.93. The maximum absolute atomic E-state index is 5.41. The minimum absolute atomic E-state index is 0.867. The first-order valence-electron chi connectivity index (χ1n) is 5.67. The first-order chi connectivity index (χ1) is 8.35. The molecule has 0 aliphatic rings. The van der Waals surface area contributed by atoms with E-state index in [1.54, 1.807) is 7.11 Å². The van der Waals surface area contributed by atoms with Crippen LogP contribution in [0.2, 0.25) is 0 Å². The van der Waals surface area contributed by atoms with Crippen molar-refractivity contribution in [1.29, 1.82) is 0 Å². The Morgan fingerprint density at radius 2 is 1.82 bits per heavy atom. The molecular formula is C16H16O. The van der Waals surface area contributed by atoms with Crippen LogP contribution in [0, 0.1) is 0 Å². The monoisotopic (exact) mass is 224 g/mol. The Labute approximate surface area is 102 Å². The molecule has 86 valence electrons. The molecule has 0 bridgehead atoms. The van der Waals surface area contributed by atoms with Gasteiger partial charge in [-0.25, -0.2) is 0 Å². The molecule has 0 radical (unpaired) electrons. The molecule has 0 N–H and O–H groups in total. The van der Waals surface area contributed by atoms with E-state index in [-0.39, 0.29) is 0 Å². The second-order valence-corrected chi connectivity index (χ2v) is 3.89. The summed E-state index contributed by atoms with van der Waals surface area (Å²) < 4.78 is 5.41. The van der Waals surface area contributed by atoms with Crippen LogP contribution in [0.15, 0.2) is 55.1 Å². The van der Waals surface area contributed by atoms with Gasteiger partial charge in [0.2, 0.25) is 0 Å². The SMILES string of the molecule is C=Cc1cccc(OC)c1Cc1ccccc1. The molecule has 0 amide bonds. The third kappa shape index (κ3) is 2.56. The minimum Gasteiger partial charge on any atom is -0.496 e. The molecule has 0 aliphatic heterocycles. The van der Waals surface area contributed by atoms with E-state index >= 15 is 0 Å². The molecular weight excluding hydrogens is 208 g/mol. The molecule has 0 saturated heterocycles. The molecule has 0 aromatic heterocycles. The van der Waals surface area contributed by atoms with E-state index in [4.69, 9.17) is 4.74 Å². The molecule has 0 heterocycles. The summed E-state index contributed by atoms with van der Waals surface area (Å²) >= 11 is 0. The van der Waals surface area contributed by atoms with Gasteiger partial charge in [0.05, 0.1) is 7.11 Å². The lowest BCUT2D eigenvalue weighted by atomic mass is 9.99. The Hall–Kier alpha value is -2.02. The number of methoxy groups -OCH3 is 1. The van der Waals surface area contributed by atoms with Gasteiger partial charge < -0.3 is 4.74 Å². The summed E-state index contributed by atoms with van der Waals surface area (Å²) in [7, 11) is 1.71. The van der Waals surface area contributed by atoms with Gasteiger partial charge in [-0.15, -0.1) is 0 Å². The van der Waals surface area contributed by atoms with Crippen LogP contribution >= 0.6 is 0 Å². The molecule has 0 fully saturated rings.